The fourth-order valence-electron chi connectivity index (χ4n) is 3.81. The molecule has 1 aromatic heterocycles. The van der Waals surface area contributed by atoms with E-state index < -0.39 is 29.5 Å². The highest BCUT2D eigenvalue weighted by atomic mass is 16.6. The Bertz CT molecular complexity index is 1030. The summed E-state index contributed by atoms with van der Waals surface area (Å²) < 4.78 is 17.2. The molecule has 0 fully saturated rings. The number of ether oxygens (including phenoxy) is 2. The summed E-state index contributed by atoms with van der Waals surface area (Å²) in [5.41, 5.74) is 0.160. The fourth-order valence-corrected chi connectivity index (χ4v) is 3.81. The van der Waals surface area contributed by atoms with Crippen molar-refractivity contribution in [2.75, 3.05) is 0 Å². The van der Waals surface area contributed by atoms with Gasteiger partial charge in [-0.1, -0.05) is 54.1 Å². The number of carbonyl (C=O) groups is 2. The van der Waals surface area contributed by atoms with Crippen LogP contribution in [-0.4, -0.2) is 33.4 Å². The van der Waals surface area contributed by atoms with Crippen molar-refractivity contribution in [3.8, 4) is 0 Å². The molecule has 2 heterocycles. The second-order valence-corrected chi connectivity index (χ2v) is 9.37. The van der Waals surface area contributed by atoms with Gasteiger partial charge >= 0.3 is 17.8 Å². The molecule has 0 spiro atoms. The van der Waals surface area contributed by atoms with Gasteiger partial charge in [0.1, 0.15) is 18.2 Å². The lowest BCUT2D eigenvalue weighted by Gasteiger charge is -2.22. The Morgan fingerprint density at radius 1 is 1.24 bits per heavy atom. The maximum atomic E-state index is 12.7. The number of benzene rings is 1. The molecular formula is C25H33N3O6. The zero-order valence-electron chi connectivity index (χ0n) is 20.0. The molecular weight excluding hydrogens is 438 g/mol. The minimum atomic E-state index is -0.905. The van der Waals surface area contributed by atoms with E-state index in [4.69, 9.17) is 14.0 Å². The van der Waals surface area contributed by atoms with E-state index in [2.05, 4.69) is 10.5 Å². The minimum Gasteiger partial charge on any atom is -0.459 e. The Kier molecular flexibility index (Phi) is 8.67. The van der Waals surface area contributed by atoms with Gasteiger partial charge in [-0.05, 0) is 52.0 Å². The molecule has 1 aliphatic heterocycles. The molecule has 1 unspecified atom stereocenters. The Hall–Kier alpha value is -3.36. The van der Waals surface area contributed by atoms with Crippen LogP contribution in [0.4, 0.5) is 4.79 Å². The van der Waals surface area contributed by atoms with Gasteiger partial charge in [0.2, 0.25) is 0 Å². The lowest BCUT2D eigenvalue weighted by Crippen LogP contribution is -2.44. The Morgan fingerprint density at radius 3 is 2.74 bits per heavy atom. The maximum Gasteiger partial charge on any atom is 0.441 e. The van der Waals surface area contributed by atoms with Crippen molar-refractivity contribution in [1.29, 1.82) is 0 Å². The molecule has 184 valence electrons. The minimum absolute atomic E-state index is 0.0465. The number of nitrogens with one attached hydrogen (secondary N) is 1. The van der Waals surface area contributed by atoms with Gasteiger partial charge in [0, 0.05) is 12.5 Å². The van der Waals surface area contributed by atoms with E-state index in [9.17, 15) is 14.4 Å². The third-order valence-corrected chi connectivity index (χ3v) is 5.40. The number of amides is 1. The summed E-state index contributed by atoms with van der Waals surface area (Å²) in [6.45, 7) is 5.37. The first-order chi connectivity index (χ1) is 16.2. The van der Waals surface area contributed by atoms with Crippen LogP contribution in [0.25, 0.3) is 0 Å². The van der Waals surface area contributed by atoms with Gasteiger partial charge in [0.15, 0.2) is 5.82 Å². The molecule has 1 aromatic carbocycles. The number of nitrogens with zero attached hydrogens (tertiary/aromatic N) is 2. The molecule has 2 atom stereocenters. The van der Waals surface area contributed by atoms with Crippen molar-refractivity contribution in [2.24, 2.45) is 0 Å². The highest BCUT2D eigenvalue weighted by Gasteiger charge is 2.25. The third kappa shape index (κ3) is 7.60. The number of esters is 1. The van der Waals surface area contributed by atoms with Crippen LogP contribution in [0.2, 0.25) is 0 Å². The van der Waals surface area contributed by atoms with Crippen molar-refractivity contribution < 1.29 is 23.6 Å². The summed E-state index contributed by atoms with van der Waals surface area (Å²) in [5.74, 6) is -0.314. The van der Waals surface area contributed by atoms with E-state index >= 15 is 0 Å². The van der Waals surface area contributed by atoms with Crippen LogP contribution >= 0.6 is 0 Å². The Labute approximate surface area is 199 Å². The first-order valence-electron chi connectivity index (χ1n) is 11.6. The van der Waals surface area contributed by atoms with Gasteiger partial charge in [-0.3, -0.25) is 9.09 Å². The number of allylic oxidation sites excluding steroid dienone is 1. The van der Waals surface area contributed by atoms with Crippen LogP contribution in [0, 0.1) is 0 Å². The first-order valence-corrected chi connectivity index (χ1v) is 11.6. The van der Waals surface area contributed by atoms with Crippen molar-refractivity contribution in [3.63, 3.8) is 0 Å². The van der Waals surface area contributed by atoms with Crippen LogP contribution < -0.4 is 11.1 Å². The number of aromatic nitrogens is 2. The molecule has 0 saturated heterocycles. The van der Waals surface area contributed by atoms with E-state index in [1.165, 1.54) is 0 Å². The van der Waals surface area contributed by atoms with Gasteiger partial charge in [-0.25, -0.2) is 14.4 Å². The highest BCUT2D eigenvalue weighted by molar-refractivity contribution is 5.81. The molecule has 34 heavy (non-hydrogen) atoms. The SMILES string of the molecule is CC(C)(C)OC(=O)N[C@@H](C/C=C\CC1CCCCc2noc(=O)n21)C(=O)OCc1ccccc1. The van der Waals surface area contributed by atoms with E-state index in [1.807, 2.05) is 42.5 Å². The van der Waals surface area contributed by atoms with Crippen LogP contribution in [0.15, 0.2) is 51.8 Å². The number of fused-ring (bicyclic) bond motifs is 1. The van der Waals surface area contributed by atoms with Gasteiger partial charge in [0.05, 0.1) is 0 Å². The zero-order chi connectivity index (χ0) is 24.6. The van der Waals surface area contributed by atoms with Crippen molar-refractivity contribution in [3.05, 3.63) is 64.4 Å². The smallest absolute Gasteiger partial charge is 0.441 e. The van der Waals surface area contributed by atoms with Gasteiger partial charge in [-0.2, -0.15) is 0 Å². The predicted octanol–water partition coefficient (Wildman–Crippen LogP) is 4.08. The monoisotopic (exact) mass is 471 g/mol. The molecule has 3 rings (SSSR count). The van der Waals surface area contributed by atoms with Gasteiger partial charge in [-0.15, -0.1) is 0 Å². The first kappa shape index (κ1) is 25.3. The zero-order valence-corrected chi connectivity index (χ0v) is 20.0. The molecule has 0 radical (unpaired) electrons. The molecule has 2 aromatic rings. The summed E-state index contributed by atoms with van der Waals surface area (Å²) in [5, 5.41) is 6.49. The Morgan fingerprint density at radius 2 is 2.00 bits per heavy atom. The van der Waals surface area contributed by atoms with Gasteiger partial charge < -0.3 is 14.8 Å². The normalized spacial score (nSPS) is 17.0. The van der Waals surface area contributed by atoms with E-state index in [0.29, 0.717) is 12.2 Å². The van der Waals surface area contributed by atoms with E-state index in [-0.39, 0.29) is 19.1 Å². The van der Waals surface area contributed by atoms with Crippen LogP contribution in [0.3, 0.4) is 0 Å². The lowest BCUT2D eigenvalue weighted by atomic mass is 10.1. The van der Waals surface area contributed by atoms with E-state index in [1.54, 1.807) is 25.3 Å². The van der Waals surface area contributed by atoms with Crippen molar-refractivity contribution in [2.45, 2.75) is 83.6 Å². The quantitative estimate of drug-likeness (QED) is 0.456. The molecule has 1 N–H and O–H groups in total. The van der Waals surface area contributed by atoms with Gasteiger partial charge in [0.25, 0.3) is 0 Å². The summed E-state index contributed by atoms with van der Waals surface area (Å²) in [6.07, 6.45) is 7.38. The largest absolute Gasteiger partial charge is 0.459 e. The topological polar surface area (TPSA) is 113 Å². The molecule has 0 aliphatic carbocycles. The number of carbonyl (C=O) groups excluding carboxylic acids is 2. The maximum absolute atomic E-state index is 12.7. The Balaban J connectivity index is 1.62. The molecule has 9 nitrogen and oxygen atoms in total. The van der Waals surface area contributed by atoms with Crippen molar-refractivity contribution in [1.82, 2.24) is 15.0 Å². The average Bonchev–Trinajstić information content (AvgIpc) is 3.02. The standard InChI is InChI=1S/C25H33N3O6/c1-25(2,3)33-23(30)26-20(22(29)32-17-18-11-5-4-6-12-18)15-9-7-13-19-14-8-10-16-21-27-34-24(31)28(19)21/h4-7,9,11-12,19-20H,8,10,13-17H2,1-3H3,(H,26,30)/b9-7-/t19?,20-/m0/s1. The third-order valence-electron chi connectivity index (χ3n) is 5.40. The number of rotatable bonds is 8. The predicted molar refractivity (Wildman–Crippen MR) is 125 cm³/mol. The summed E-state index contributed by atoms with van der Waals surface area (Å²) in [6, 6.07) is 8.37. The second-order valence-electron chi connectivity index (χ2n) is 9.37. The second kappa shape index (κ2) is 11.7. The van der Waals surface area contributed by atoms with Crippen LogP contribution in [0.1, 0.15) is 70.3 Å². The summed E-state index contributed by atoms with van der Waals surface area (Å²) >= 11 is 0. The van der Waals surface area contributed by atoms with Crippen LogP contribution in [-0.2, 0) is 27.3 Å². The summed E-state index contributed by atoms with van der Waals surface area (Å²) in [4.78, 5) is 37.1. The number of aryl methyl sites for hydroxylation is 1. The molecule has 0 bridgehead atoms. The fraction of sp³-hybridized carbons (Fsp3) is 0.520. The number of alkyl carbamates (subject to hydrolysis) is 1. The summed E-state index contributed by atoms with van der Waals surface area (Å²) in [7, 11) is 0. The molecule has 1 amide bonds. The molecule has 1 aliphatic rings. The molecule has 0 saturated carbocycles. The number of hydrogen-bond donors (Lipinski definition) is 1. The van der Waals surface area contributed by atoms with Crippen LogP contribution in [0.5, 0.6) is 0 Å². The molecule has 9 heteroatoms. The number of hydrogen-bond acceptors (Lipinski definition) is 7. The van der Waals surface area contributed by atoms with Crippen molar-refractivity contribution >= 4 is 12.1 Å². The highest BCUT2D eigenvalue weighted by Crippen LogP contribution is 2.24. The van der Waals surface area contributed by atoms with E-state index in [0.717, 1.165) is 31.2 Å². The average molecular weight is 472 g/mol. The lowest BCUT2D eigenvalue weighted by molar-refractivity contribution is -0.147.